The van der Waals surface area contributed by atoms with Gasteiger partial charge < -0.3 is 10.2 Å². The maximum absolute atomic E-state index is 12.8. The molecule has 1 atom stereocenters. The minimum absolute atomic E-state index is 0.149. The van der Waals surface area contributed by atoms with Crippen LogP contribution in [0.5, 0.6) is 0 Å². The van der Waals surface area contributed by atoms with Crippen molar-refractivity contribution in [2.75, 3.05) is 16.8 Å². The summed E-state index contributed by atoms with van der Waals surface area (Å²) in [5.41, 5.74) is 6.29. The van der Waals surface area contributed by atoms with Crippen LogP contribution in [-0.2, 0) is 24.1 Å². The molecular formula is C20H22N2O. The molecule has 0 saturated heterocycles. The summed E-state index contributed by atoms with van der Waals surface area (Å²) >= 11 is 0. The minimum atomic E-state index is -0.222. The second-order valence-electron chi connectivity index (χ2n) is 6.57. The lowest BCUT2D eigenvalue weighted by Crippen LogP contribution is -2.40. The van der Waals surface area contributed by atoms with Crippen molar-refractivity contribution >= 4 is 17.3 Å². The molecular weight excluding hydrogens is 284 g/mol. The van der Waals surface area contributed by atoms with Gasteiger partial charge in [-0.2, -0.15) is 0 Å². The van der Waals surface area contributed by atoms with Crippen molar-refractivity contribution in [3.05, 3.63) is 59.2 Å². The van der Waals surface area contributed by atoms with E-state index < -0.39 is 0 Å². The lowest BCUT2D eigenvalue weighted by Gasteiger charge is -2.23. The highest BCUT2D eigenvalue weighted by atomic mass is 16.2. The molecule has 1 aliphatic carbocycles. The molecule has 2 aromatic carbocycles. The number of anilines is 2. The van der Waals surface area contributed by atoms with Crippen LogP contribution in [-0.4, -0.2) is 18.5 Å². The number of fused-ring (bicyclic) bond motifs is 2. The maximum Gasteiger partial charge on any atom is 0.249 e. The standard InChI is InChI=1S/C20H22N2O/c1-14(21-18-10-9-15-6-4-7-17(15)13-18)20(23)22-12-11-16-5-2-3-8-19(16)22/h2-3,5,8-10,13-14,21H,4,6-7,11-12H2,1H3/t14-/m0/s1. The van der Waals surface area contributed by atoms with E-state index in [9.17, 15) is 4.79 Å². The molecule has 2 aromatic rings. The molecule has 3 nitrogen and oxygen atoms in total. The van der Waals surface area contributed by atoms with Crippen LogP contribution in [0.25, 0.3) is 0 Å². The van der Waals surface area contributed by atoms with Crippen molar-refractivity contribution in [3.63, 3.8) is 0 Å². The quantitative estimate of drug-likeness (QED) is 0.940. The maximum atomic E-state index is 12.8. The van der Waals surface area contributed by atoms with Crippen molar-refractivity contribution in [2.45, 2.75) is 38.6 Å². The number of nitrogens with zero attached hydrogens (tertiary/aromatic N) is 1. The van der Waals surface area contributed by atoms with E-state index in [2.05, 4.69) is 29.6 Å². The van der Waals surface area contributed by atoms with Crippen LogP contribution in [0, 0.1) is 0 Å². The Morgan fingerprint density at radius 1 is 1.04 bits per heavy atom. The molecule has 0 fully saturated rings. The van der Waals surface area contributed by atoms with Crippen molar-refractivity contribution < 1.29 is 4.79 Å². The van der Waals surface area contributed by atoms with Gasteiger partial charge in [0.05, 0.1) is 0 Å². The van der Waals surface area contributed by atoms with E-state index in [-0.39, 0.29) is 11.9 Å². The number of rotatable bonds is 3. The van der Waals surface area contributed by atoms with Crippen LogP contribution in [0.1, 0.15) is 30.0 Å². The van der Waals surface area contributed by atoms with Crippen LogP contribution >= 0.6 is 0 Å². The average molecular weight is 306 g/mol. The summed E-state index contributed by atoms with van der Waals surface area (Å²) in [5, 5.41) is 3.39. The number of hydrogen-bond acceptors (Lipinski definition) is 2. The second kappa shape index (κ2) is 5.73. The number of benzene rings is 2. The van der Waals surface area contributed by atoms with Crippen molar-refractivity contribution in [3.8, 4) is 0 Å². The number of amides is 1. The van der Waals surface area contributed by atoms with E-state index in [0.29, 0.717) is 0 Å². The number of aryl methyl sites for hydroxylation is 2. The Bertz CT molecular complexity index is 753. The fraction of sp³-hybridized carbons (Fsp3) is 0.350. The lowest BCUT2D eigenvalue weighted by molar-refractivity contribution is -0.118. The third-order valence-electron chi connectivity index (χ3n) is 5.01. The van der Waals surface area contributed by atoms with Gasteiger partial charge >= 0.3 is 0 Å². The number of nitrogens with one attached hydrogen (secondary N) is 1. The Labute approximate surface area is 137 Å². The molecule has 0 radical (unpaired) electrons. The summed E-state index contributed by atoms with van der Waals surface area (Å²) in [5.74, 6) is 0.149. The summed E-state index contributed by atoms with van der Waals surface area (Å²) in [6, 6.07) is 14.5. The van der Waals surface area contributed by atoms with E-state index in [4.69, 9.17) is 0 Å². The highest BCUT2D eigenvalue weighted by molar-refractivity contribution is 6.00. The van der Waals surface area contributed by atoms with Crippen molar-refractivity contribution in [1.29, 1.82) is 0 Å². The Hall–Kier alpha value is -2.29. The van der Waals surface area contributed by atoms with Gasteiger partial charge in [0.1, 0.15) is 6.04 Å². The van der Waals surface area contributed by atoms with E-state index >= 15 is 0 Å². The predicted molar refractivity (Wildman–Crippen MR) is 94.1 cm³/mol. The van der Waals surface area contributed by atoms with Crippen LogP contribution in [0.4, 0.5) is 11.4 Å². The van der Waals surface area contributed by atoms with Gasteiger partial charge in [0.15, 0.2) is 0 Å². The highest BCUT2D eigenvalue weighted by Crippen LogP contribution is 2.29. The first kappa shape index (κ1) is 14.3. The molecule has 0 saturated carbocycles. The summed E-state index contributed by atoms with van der Waals surface area (Å²) in [7, 11) is 0. The Kier molecular flexibility index (Phi) is 3.56. The van der Waals surface area contributed by atoms with Crippen molar-refractivity contribution in [1.82, 2.24) is 0 Å². The molecule has 118 valence electrons. The first-order valence-electron chi connectivity index (χ1n) is 8.50. The summed E-state index contributed by atoms with van der Waals surface area (Å²) in [4.78, 5) is 14.7. The van der Waals surface area contributed by atoms with E-state index in [1.54, 1.807) is 0 Å². The molecule has 1 N–H and O–H groups in total. The van der Waals surface area contributed by atoms with Gasteiger partial charge in [-0.25, -0.2) is 0 Å². The molecule has 0 spiro atoms. The van der Waals surface area contributed by atoms with Gasteiger partial charge in [0.25, 0.3) is 0 Å². The Balaban J connectivity index is 1.49. The van der Waals surface area contributed by atoms with Crippen LogP contribution < -0.4 is 10.2 Å². The summed E-state index contributed by atoms with van der Waals surface area (Å²) in [6.07, 6.45) is 4.55. The van der Waals surface area contributed by atoms with Crippen LogP contribution in [0.2, 0.25) is 0 Å². The van der Waals surface area contributed by atoms with E-state index in [1.165, 1.54) is 29.5 Å². The monoisotopic (exact) mass is 306 g/mol. The second-order valence-corrected chi connectivity index (χ2v) is 6.57. The van der Waals surface area contributed by atoms with Gasteiger partial charge in [-0.05, 0) is 67.5 Å². The number of hydrogen-bond donors (Lipinski definition) is 1. The molecule has 1 aliphatic heterocycles. The summed E-state index contributed by atoms with van der Waals surface area (Å²) < 4.78 is 0. The number of para-hydroxylation sites is 1. The van der Waals surface area contributed by atoms with Gasteiger partial charge in [0, 0.05) is 17.9 Å². The lowest BCUT2D eigenvalue weighted by atomic mass is 10.1. The first-order chi connectivity index (χ1) is 11.2. The predicted octanol–water partition coefficient (Wildman–Crippen LogP) is 3.57. The normalized spacial score (nSPS) is 16.8. The third kappa shape index (κ3) is 2.61. The average Bonchev–Trinajstić information content (AvgIpc) is 3.20. The largest absolute Gasteiger partial charge is 0.374 e. The minimum Gasteiger partial charge on any atom is -0.374 e. The van der Waals surface area contributed by atoms with Crippen LogP contribution in [0.3, 0.4) is 0 Å². The zero-order valence-electron chi connectivity index (χ0n) is 13.5. The molecule has 4 rings (SSSR count). The zero-order chi connectivity index (χ0) is 15.8. The van der Waals surface area contributed by atoms with Gasteiger partial charge in [0.2, 0.25) is 5.91 Å². The number of carbonyl (C=O) groups excluding carboxylic acids is 1. The van der Waals surface area contributed by atoms with E-state index in [0.717, 1.165) is 30.8 Å². The topological polar surface area (TPSA) is 32.3 Å². The molecule has 1 amide bonds. The van der Waals surface area contributed by atoms with Gasteiger partial charge in [-0.3, -0.25) is 4.79 Å². The smallest absolute Gasteiger partial charge is 0.249 e. The molecule has 0 bridgehead atoms. The first-order valence-corrected chi connectivity index (χ1v) is 8.50. The Morgan fingerprint density at radius 3 is 2.78 bits per heavy atom. The SMILES string of the molecule is C[C@H](Nc1ccc2c(c1)CCC2)C(=O)N1CCc2ccccc21. The van der Waals surface area contributed by atoms with E-state index in [1.807, 2.05) is 30.0 Å². The highest BCUT2D eigenvalue weighted by Gasteiger charge is 2.27. The molecule has 0 unspecified atom stereocenters. The molecule has 2 aliphatic rings. The Morgan fingerprint density at radius 2 is 1.87 bits per heavy atom. The van der Waals surface area contributed by atoms with Crippen LogP contribution in [0.15, 0.2) is 42.5 Å². The fourth-order valence-corrected chi connectivity index (χ4v) is 3.77. The third-order valence-corrected chi connectivity index (χ3v) is 5.01. The molecule has 1 heterocycles. The van der Waals surface area contributed by atoms with Gasteiger partial charge in [-0.1, -0.05) is 24.3 Å². The fourth-order valence-electron chi connectivity index (χ4n) is 3.77. The van der Waals surface area contributed by atoms with Crippen molar-refractivity contribution in [2.24, 2.45) is 0 Å². The molecule has 0 aromatic heterocycles. The summed E-state index contributed by atoms with van der Waals surface area (Å²) in [6.45, 7) is 2.74. The zero-order valence-corrected chi connectivity index (χ0v) is 13.5. The molecule has 3 heteroatoms. The molecule has 23 heavy (non-hydrogen) atoms. The number of carbonyl (C=O) groups is 1. The van der Waals surface area contributed by atoms with Gasteiger partial charge in [-0.15, -0.1) is 0 Å².